The number of methoxy groups -OCH3 is 1. The van der Waals surface area contributed by atoms with Gasteiger partial charge in [0.1, 0.15) is 5.75 Å². The van der Waals surface area contributed by atoms with Crippen LogP contribution in [0.3, 0.4) is 0 Å². The van der Waals surface area contributed by atoms with E-state index in [1.165, 1.54) is 4.90 Å². The van der Waals surface area contributed by atoms with Crippen molar-refractivity contribution in [2.24, 2.45) is 11.7 Å². The van der Waals surface area contributed by atoms with Gasteiger partial charge in [0, 0.05) is 42.4 Å². The quantitative estimate of drug-likeness (QED) is 0.612. The highest BCUT2D eigenvalue weighted by atomic mass is 16.5. The van der Waals surface area contributed by atoms with Crippen LogP contribution in [-0.2, 0) is 4.79 Å². The number of amides is 2. The zero-order valence-electron chi connectivity index (χ0n) is 18.3. The van der Waals surface area contributed by atoms with E-state index in [0.717, 1.165) is 0 Å². The van der Waals surface area contributed by atoms with E-state index in [2.05, 4.69) is 16.8 Å². The molecule has 1 fully saturated rings. The molecule has 1 saturated heterocycles. The van der Waals surface area contributed by atoms with Crippen molar-refractivity contribution < 1.29 is 19.4 Å². The average molecular weight is 432 g/mol. The maximum absolute atomic E-state index is 12.5. The van der Waals surface area contributed by atoms with Crippen molar-refractivity contribution in [1.29, 1.82) is 0 Å². The first kappa shape index (κ1) is 21.4. The summed E-state index contributed by atoms with van der Waals surface area (Å²) in [6.07, 6.45) is 1.68. The number of ether oxygens (including phenoxy) is 1. The van der Waals surface area contributed by atoms with Crippen molar-refractivity contribution >= 4 is 17.3 Å². The first-order valence-electron chi connectivity index (χ1n) is 10.2. The highest BCUT2D eigenvalue weighted by molar-refractivity contribution is 5.94. The highest BCUT2D eigenvalue weighted by Gasteiger charge is 2.52. The third-order valence-corrected chi connectivity index (χ3v) is 6.24. The third-order valence-electron chi connectivity index (χ3n) is 6.24. The molecule has 1 aliphatic rings. The Kier molecular flexibility index (Phi) is 5.15. The molecule has 8 heteroatoms. The molecule has 3 heterocycles. The number of carbonyl (C=O) groups is 2. The molecule has 2 amide bonds. The van der Waals surface area contributed by atoms with Crippen LogP contribution in [0.5, 0.6) is 5.75 Å². The number of hydrogen-bond acceptors (Lipinski definition) is 5. The maximum atomic E-state index is 12.5. The summed E-state index contributed by atoms with van der Waals surface area (Å²) in [5, 5.41) is 10.9. The molecule has 3 N–H and O–H groups in total. The van der Waals surface area contributed by atoms with Gasteiger partial charge in [-0.2, -0.15) is 0 Å². The number of fused-ring (bicyclic) bond motifs is 1. The second-order valence-electron chi connectivity index (χ2n) is 8.01. The molecule has 8 nitrogen and oxygen atoms in total. The average Bonchev–Trinajstić information content (AvgIpc) is 3.25. The highest BCUT2D eigenvalue weighted by Crippen LogP contribution is 2.33. The summed E-state index contributed by atoms with van der Waals surface area (Å²) in [6, 6.07) is 10.6. The van der Waals surface area contributed by atoms with Gasteiger partial charge in [-0.25, -0.2) is 4.98 Å². The second kappa shape index (κ2) is 7.70. The van der Waals surface area contributed by atoms with Crippen LogP contribution in [0.25, 0.3) is 16.8 Å². The Hall–Kier alpha value is -3.83. The van der Waals surface area contributed by atoms with E-state index in [4.69, 9.17) is 10.5 Å². The van der Waals surface area contributed by atoms with E-state index in [1.54, 1.807) is 55.1 Å². The Bertz CT molecular complexity index is 1300. The molecule has 32 heavy (non-hydrogen) atoms. The van der Waals surface area contributed by atoms with Gasteiger partial charge >= 0.3 is 0 Å². The maximum Gasteiger partial charge on any atom is 0.285 e. The minimum atomic E-state index is -1.74. The fraction of sp³-hybridized carbons (Fsp3) is 0.292. The summed E-state index contributed by atoms with van der Waals surface area (Å²) in [5.41, 5.74) is 6.27. The lowest BCUT2D eigenvalue weighted by atomic mass is 9.88. The van der Waals surface area contributed by atoms with Crippen LogP contribution in [0.2, 0.25) is 0 Å². The van der Waals surface area contributed by atoms with Crippen LogP contribution in [0, 0.1) is 17.8 Å². The zero-order valence-corrected chi connectivity index (χ0v) is 18.3. The molecule has 0 unspecified atom stereocenters. The number of likely N-dealkylation sites (tertiary alicyclic amines) is 1. The van der Waals surface area contributed by atoms with Crippen molar-refractivity contribution in [2.75, 3.05) is 14.2 Å². The van der Waals surface area contributed by atoms with Crippen LogP contribution in [0.4, 0.5) is 0 Å². The number of aliphatic hydroxyl groups is 1. The van der Waals surface area contributed by atoms with E-state index < -0.39 is 17.4 Å². The molecule has 1 aromatic carbocycles. The molecule has 164 valence electrons. The predicted molar refractivity (Wildman–Crippen MR) is 119 cm³/mol. The molecule has 0 bridgehead atoms. The molecular formula is C24H24N4O4. The van der Waals surface area contributed by atoms with Crippen molar-refractivity contribution in [3.05, 3.63) is 54.0 Å². The summed E-state index contributed by atoms with van der Waals surface area (Å²) in [4.78, 5) is 30.4. The number of rotatable bonds is 3. The number of pyridine rings is 1. The summed E-state index contributed by atoms with van der Waals surface area (Å²) < 4.78 is 6.92. The van der Waals surface area contributed by atoms with Gasteiger partial charge < -0.3 is 20.5 Å². The summed E-state index contributed by atoms with van der Waals surface area (Å²) in [5.74, 6) is 5.05. The number of imidazole rings is 1. The third kappa shape index (κ3) is 3.27. The van der Waals surface area contributed by atoms with Gasteiger partial charge in [-0.15, -0.1) is 0 Å². The first-order valence-corrected chi connectivity index (χ1v) is 10.2. The fourth-order valence-electron chi connectivity index (χ4n) is 3.99. The summed E-state index contributed by atoms with van der Waals surface area (Å²) in [7, 11) is 3.22. The van der Waals surface area contributed by atoms with E-state index >= 15 is 0 Å². The molecular weight excluding hydrogens is 408 g/mol. The van der Waals surface area contributed by atoms with Crippen molar-refractivity contribution in [1.82, 2.24) is 14.3 Å². The summed E-state index contributed by atoms with van der Waals surface area (Å²) in [6.45, 7) is 3.70. The normalized spacial score (nSPS) is 22.7. The number of primary amides is 1. The van der Waals surface area contributed by atoms with E-state index in [9.17, 15) is 14.7 Å². The van der Waals surface area contributed by atoms with E-state index in [0.29, 0.717) is 28.1 Å². The number of nitrogens with two attached hydrogens (primary N) is 1. The Morgan fingerprint density at radius 3 is 2.66 bits per heavy atom. The summed E-state index contributed by atoms with van der Waals surface area (Å²) >= 11 is 0. The minimum absolute atomic E-state index is 0.103. The topological polar surface area (TPSA) is 110 Å². The molecule has 0 radical (unpaired) electrons. The van der Waals surface area contributed by atoms with Gasteiger partial charge in [-0.1, -0.05) is 30.9 Å². The number of nitrogens with zero attached hydrogens (tertiary/aromatic N) is 3. The molecule has 0 spiro atoms. The molecule has 4 rings (SSSR count). The minimum Gasteiger partial charge on any atom is -0.497 e. The van der Waals surface area contributed by atoms with Crippen LogP contribution in [0.15, 0.2) is 42.6 Å². The molecule has 0 aliphatic carbocycles. The lowest BCUT2D eigenvalue weighted by molar-refractivity contribution is -0.139. The predicted octanol–water partition coefficient (Wildman–Crippen LogP) is 1.69. The van der Waals surface area contributed by atoms with Crippen molar-refractivity contribution in [2.45, 2.75) is 25.5 Å². The number of benzene rings is 1. The van der Waals surface area contributed by atoms with Crippen molar-refractivity contribution in [3.63, 3.8) is 0 Å². The molecule has 3 aromatic rings. The Balaban J connectivity index is 1.79. The van der Waals surface area contributed by atoms with E-state index in [1.807, 2.05) is 19.9 Å². The Morgan fingerprint density at radius 1 is 1.28 bits per heavy atom. The first-order chi connectivity index (χ1) is 15.2. The van der Waals surface area contributed by atoms with Crippen LogP contribution in [0.1, 0.15) is 30.0 Å². The number of carbonyl (C=O) groups excluding carboxylic acids is 2. The number of likely N-dealkylation sites (N-methyl/N-ethyl adjacent to an activating group) is 1. The van der Waals surface area contributed by atoms with E-state index in [-0.39, 0.29) is 17.8 Å². The monoisotopic (exact) mass is 432 g/mol. The van der Waals surface area contributed by atoms with Gasteiger partial charge in [0.15, 0.2) is 0 Å². The lowest BCUT2D eigenvalue weighted by Gasteiger charge is -2.19. The van der Waals surface area contributed by atoms with Crippen LogP contribution in [-0.4, -0.2) is 57.0 Å². The standard InChI is InChI=1S/C24H24N4O4/c1-14-15(2)27(3)23(30)24(14,31)10-8-16-6-5-7-17(12-16)20-19-13-18(32-4)9-11-28(19)22(26-20)21(25)29/h5-7,9,11-15,31H,1-4H3,(H2,25,29)/t14-,15+,24-/m1/s1. The molecule has 1 aliphatic heterocycles. The number of hydrogen-bond donors (Lipinski definition) is 2. The van der Waals surface area contributed by atoms with Gasteiger partial charge in [-0.3, -0.25) is 14.0 Å². The van der Waals surface area contributed by atoms with Crippen LogP contribution >= 0.6 is 0 Å². The smallest absolute Gasteiger partial charge is 0.285 e. The Labute approximate surface area is 185 Å². The van der Waals surface area contributed by atoms with Gasteiger partial charge in [0.25, 0.3) is 11.8 Å². The molecule has 2 aromatic heterocycles. The fourth-order valence-corrected chi connectivity index (χ4v) is 3.99. The lowest BCUT2D eigenvalue weighted by Crippen LogP contribution is -2.40. The van der Waals surface area contributed by atoms with Gasteiger partial charge in [0.2, 0.25) is 11.4 Å². The Morgan fingerprint density at radius 2 is 2.03 bits per heavy atom. The largest absolute Gasteiger partial charge is 0.497 e. The van der Waals surface area contributed by atoms with Gasteiger partial charge in [-0.05, 0) is 25.1 Å². The van der Waals surface area contributed by atoms with Crippen molar-refractivity contribution in [3.8, 4) is 28.8 Å². The molecule has 0 saturated carbocycles. The zero-order chi connectivity index (χ0) is 23.2. The van der Waals surface area contributed by atoms with Crippen LogP contribution < -0.4 is 10.5 Å². The second-order valence-corrected chi connectivity index (χ2v) is 8.01. The molecule has 3 atom stereocenters. The number of aromatic nitrogens is 2. The SMILES string of the molecule is COc1ccn2c(C(N)=O)nc(-c3cccc(C#C[C@]4(O)C(=O)N(C)[C@@H](C)[C@H]4C)c3)c2c1. The van der Waals surface area contributed by atoms with Gasteiger partial charge in [0.05, 0.1) is 18.3 Å².